The number of carbonyl (C=O) groups excluding carboxylic acids is 1. The molecule has 0 saturated heterocycles. The third-order valence-corrected chi connectivity index (χ3v) is 21.5. The van der Waals surface area contributed by atoms with Crippen LogP contribution in [0, 0.1) is 0 Å². The minimum absolute atomic E-state index is 0.143. The summed E-state index contributed by atoms with van der Waals surface area (Å²) < 4.78 is 5.01. The van der Waals surface area contributed by atoms with Gasteiger partial charge in [0.25, 0.3) is 0 Å². The second-order valence-corrected chi connectivity index (χ2v) is 21.5. The predicted octanol–water partition coefficient (Wildman–Crippen LogP) is 8.10. The van der Waals surface area contributed by atoms with Gasteiger partial charge in [-0.2, -0.15) is 0 Å². The molecule has 0 unspecified atom stereocenters. The van der Waals surface area contributed by atoms with Crippen molar-refractivity contribution in [1.82, 2.24) is 0 Å². The topological polar surface area (TPSA) is 29.1 Å². The summed E-state index contributed by atoms with van der Waals surface area (Å²) in [6, 6.07) is 20.4. The van der Waals surface area contributed by atoms with Gasteiger partial charge in [0, 0.05) is 0 Å². The minimum atomic E-state index is -2.89. The second-order valence-electron chi connectivity index (χ2n) is 8.38. The monoisotopic (exact) mass is 513 g/mol. The summed E-state index contributed by atoms with van der Waals surface area (Å²) in [7, 11) is 0. The van der Waals surface area contributed by atoms with E-state index >= 15 is 0 Å². The summed E-state index contributed by atoms with van der Waals surface area (Å²) in [6.45, 7) is 6.84. The SMILES string of the molecule is CCC[CH2][Sn]([CH2]CCC)([CH2]CCC)/[C](=C\c1ccccc1)C(=O)Nc1ccccc1. The molecule has 1 amide bonds. The molecule has 2 nitrogen and oxygen atoms in total. The fourth-order valence-corrected chi connectivity index (χ4v) is 20.4. The molecule has 2 aromatic carbocycles. The van der Waals surface area contributed by atoms with Crippen LogP contribution in [-0.4, -0.2) is 24.3 Å². The van der Waals surface area contributed by atoms with Crippen LogP contribution in [0.3, 0.4) is 0 Å². The molecule has 1 N–H and O–H groups in total. The molecule has 162 valence electrons. The Morgan fingerprint density at radius 1 is 0.767 bits per heavy atom. The summed E-state index contributed by atoms with van der Waals surface area (Å²) in [6.07, 6.45) is 9.59. The van der Waals surface area contributed by atoms with Crippen molar-refractivity contribution in [2.45, 2.75) is 72.6 Å². The summed E-state index contributed by atoms with van der Waals surface area (Å²) >= 11 is -2.89. The Hall–Kier alpha value is -1.55. The van der Waals surface area contributed by atoms with Gasteiger partial charge in [-0.3, -0.25) is 0 Å². The number of hydrogen-bond acceptors (Lipinski definition) is 1. The van der Waals surface area contributed by atoms with Crippen molar-refractivity contribution in [3.05, 3.63) is 69.8 Å². The Balaban J connectivity index is 2.51. The van der Waals surface area contributed by atoms with E-state index in [9.17, 15) is 4.79 Å². The van der Waals surface area contributed by atoms with Crippen LogP contribution in [0.2, 0.25) is 13.3 Å². The number of rotatable bonds is 13. The predicted molar refractivity (Wildman–Crippen MR) is 134 cm³/mol. The van der Waals surface area contributed by atoms with E-state index in [-0.39, 0.29) is 5.91 Å². The van der Waals surface area contributed by atoms with Crippen molar-refractivity contribution in [3.63, 3.8) is 0 Å². The van der Waals surface area contributed by atoms with Crippen LogP contribution in [0.1, 0.15) is 64.9 Å². The molecular formula is C27H39NOSn. The number of carbonyl (C=O) groups is 1. The zero-order chi connectivity index (χ0) is 21.7. The van der Waals surface area contributed by atoms with Gasteiger partial charge in [-0.1, -0.05) is 0 Å². The molecule has 30 heavy (non-hydrogen) atoms. The van der Waals surface area contributed by atoms with Crippen molar-refractivity contribution >= 4 is 36.0 Å². The first kappa shape index (κ1) is 24.7. The van der Waals surface area contributed by atoms with Gasteiger partial charge in [0.2, 0.25) is 0 Å². The Morgan fingerprint density at radius 3 is 1.70 bits per heavy atom. The molecule has 0 heterocycles. The number of benzene rings is 2. The van der Waals surface area contributed by atoms with Crippen molar-refractivity contribution < 1.29 is 4.79 Å². The Kier molecular flexibility index (Phi) is 11.3. The molecule has 3 heteroatoms. The molecule has 0 spiro atoms. The Morgan fingerprint density at radius 2 is 1.23 bits per heavy atom. The van der Waals surface area contributed by atoms with Gasteiger partial charge in [-0.15, -0.1) is 0 Å². The number of anilines is 1. The van der Waals surface area contributed by atoms with Crippen molar-refractivity contribution in [1.29, 1.82) is 0 Å². The van der Waals surface area contributed by atoms with Crippen LogP contribution >= 0.6 is 0 Å². The summed E-state index contributed by atoms with van der Waals surface area (Å²) in [5.74, 6) is 0.143. The molecule has 0 atom stereocenters. The van der Waals surface area contributed by atoms with Crippen LogP contribution in [-0.2, 0) is 4.79 Å². The van der Waals surface area contributed by atoms with Crippen LogP contribution < -0.4 is 5.32 Å². The van der Waals surface area contributed by atoms with E-state index in [1.807, 2.05) is 36.4 Å². The number of nitrogens with one attached hydrogen (secondary N) is 1. The molecular weight excluding hydrogens is 473 g/mol. The maximum absolute atomic E-state index is 13.7. The van der Waals surface area contributed by atoms with E-state index < -0.39 is 18.4 Å². The fourth-order valence-electron chi connectivity index (χ4n) is 4.22. The van der Waals surface area contributed by atoms with Crippen molar-refractivity contribution in [2.24, 2.45) is 0 Å². The Bertz CT molecular complexity index is 748. The molecule has 0 aliphatic heterocycles. The number of hydrogen-bond donors (Lipinski definition) is 1. The average molecular weight is 512 g/mol. The third kappa shape index (κ3) is 7.61. The van der Waals surface area contributed by atoms with Crippen LogP contribution in [0.25, 0.3) is 6.08 Å². The first-order chi connectivity index (χ1) is 14.6. The van der Waals surface area contributed by atoms with E-state index in [2.05, 4.69) is 56.4 Å². The van der Waals surface area contributed by atoms with Crippen LogP contribution in [0.5, 0.6) is 0 Å². The van der Waals surface area contributed by atoms with Crippen LogP contribution in [0.4, 0.5) is 5.69 Å². The summed E-state index contributed by atoms with van der Waals surface area (Å²) in [5.41, 5.74) is 2.05. The zero-order valence-corrected chi connectivity index (χ0v) is 22.0. The normalized spacial score (nSPS) is 12.0. The van der Waals surface area contributed by atoms with E-state index in [0.717, 1.165) is 14.8 Å². The standard InChI is InChI=1S/C15H12NO.3C4H9.Sn/c17-15(16-14-9-5-2-6-10-14)12-11-13-7-3-1-4-8-13;3*1-3-4-2;/h1-11H,(H,16,17);3*1,3-4H2,2H3;. The van der Waals surface area contributed by atoms with Gasteiger partial charge < -0.3 is 0 Å². The van der Waals surface area contributed by atoms with E-state index in [4.69, 9.17) is 0 Å². The van der Waals surface area contributed by atoms with Crippen LogP contribution in [0.15, 0.2) is 64.3 Å². The van der Waals surface area contributed by atoms with Crippen molar-refractivity contribution in [3.8, 4) is 0 Å². The maximum atomic E-state index is 13.7. The van der Waals surface area contributed by atoms with Gasteiger partial charge in [-0.05, 0) is 0 Å². The van der Waals surface area contributed by atoms with E-state index in [1.54, 1.807) is 0 Å². The third-order valence-electron chi connectivity index (χ3n) is 5.98. The molecule has 0 aliphatic rings. The molecule has 0 fully saturated rings. The summed E-state index contributed by atoms with van der Waals surface area (Å²) in [5, 5.41) is 3.24. The van der Waals surface area contributed by atoms with E-state index in [1.165, 1.54) is 51.8 Å². The molecule has 2 aromatic rings. The van der Waals surface area contributed by atoms with E-state index in [0.29, 0.717) is 0 Å². The molecule has 0 aromatic heterocycles. The molecule has 0 saturated carbocycles. The summed E-state index contributed by atoms with van der Waals surface area (Å²) in [4.78, 5) is 13.7. The molecule has 0 bridgehead atoms. The van der Waals surface area contributed by atoms with Gasteiger partial charge in [0.05, 0.1) is 0 Å². The average Bonchev–Trinajstić information content (AvgIpc) is 2.79. The van der Waals surface area contributed by atoms with Gasteiger partial charge in [0.15, 0.2) is 0 Å². The first-order valence-electron chi connectivity index (χ1n) is 11.8. The Labute approximate surface area is 188 Å². The van der Waals surface area contributed by atoms with Crippen molar-refractivity contribution in [2.75, 3.05) is 5.32 Å². The number of amides is 1. The second kappa shape index (κ2) is 13.7. The molecule has 2 rings (SSSR count). The number of para-hydroxylation sites is 1. The van der Waals surface area contributed by atoms with Gasteiger partial charge in [-0.25, -0.2) is 0 Å². The molecule has 0 aliphatic carbocycles. The fraction of sp³-hybridized carbons (Fsp3) is 0.444. The quantitative estimate of drug-likeness (QED) is 0.213. The molecule has 0 radical (unpaired) electrons. The number of unbranched alkanes of at least 4 members (excludes halogenated alkanes) is 3. The first-order valence-corrected chi connectivity index (χ1v) is 19.3. The van der Waals surface area contributed by atoms with Gasteiger partial charge >= 0.3 is 189 Å². The zero-order valence-electron chi connectivity index (χ0n) is 19.1. The van der Waals surface area contributed by atoms with Gasteiger partial charge in [0.1, 0.15) is 0 Å².